The Balaban J connectivity index is 1.53. The minimum absolute atomic E-state index is 0.124. The van der Waals surface area contributed by atoms with Crippen molar-refractivity contribution in [3.63, 3.8) is 0 Å². The second kappa shape index (κ2) is 14.1. The summed E-state index contributed by atoms with van der Waals surface area (Å²) in [6, 6.07) is 4.63. The lowest BCUT2D eigenvalue weighted by atomic mass is 10.1. The van der Waals surface area contributed by atoms with Crippen molar-refractivity contribution < 1.29 is 36.7 Å². The van der Waals surface area contributed by atoms with Crippen molar-refractivity contribution in [1.82, 2.24) is 19.6 Å². The third-order valence-corrected chi connectivity index (χ3v) is 6.96. The highest BCUT2D eigenvalue weighted by Crippen LogP contribution is 2.26. The number of piperidine rings is 1. The van der Waals surface area contributed by atoms with Crippen LogP contribution in [0.4, 0.5) is 19.9 Å². The first kappa shape index (κ1) is 33.0. The number of anilines is 1. The summed E-state index contributed by atoms with van der Waals surface area (Å²) in [6.45, 7) is 5.25. The molecule has 3 rings (SSSR count). The van der Waals surface area contributed by atoms with Gasteiger partial charge in [-0.15, -0.1) is 0 Å². The van der Waals surface area contributed by atoms with Gasteiger partial charge in [-0.25, -0.2) is 36.7 Å². The summed E-state index contributed by atoms with van der Waals surface area (Å²) in [6.07, 6.45) is 3.05. The first-order valence-electron chi connectivity index (χ1n) is 13.1. The lowest BCUT2D eigenvalue weighted by molar-refractivity contribution is 0.0343. The number of nitrogens with one attached hydrogen (secondary N) is 2. The third-order valence-electron chi connectivity index (χ3n) is 5.82. The van der Waals surface area contributed by atoms with Crippen LogP contribution in [0.25, 0.3) is 11.1 Å². The fourth-order valence-electron chi connectivity index (χ4n) is 3.85. The molecule has 4 N–H and O–H groups in total. The van der Waals surface area contributed by atoms with Crippen molar-refractivity contribution in [2.24, 2.45) is 10.9 Å². The molecule has 43 heavy (non-hydrogen) atoms. The molecule has 0 bridgehead atoms. The van der Waals surface area contributed by atoms with E-state index in [1.165, 1.54) is 18.5 Å². The molecule has 0 spiro atoms. The number of hydrogen-bond donors (Lipinski definition) is 3. The Morgan fingerprint density at radius 1 is 1.21 bits per heavy atom. The Hall–Kier alpha value is -4.54. The molecule has 1 aromatic heterocycles. The molecule has 2 amide bonds. The number of halogens is 1. The quantitative estimate of drug-likeness (QED) is 0.160. The summed E-state index contributed by atoms with van der Waals surface area (Å²) in [5, 5.41) is 13.1. The van der Waals surface area contributed by atoms with Gasteiger partial charge in [0.05, 0.1) is 18.5 Å². The van der Waals surface area contributed by atoms with Gasteiger partial charge in [0, 0.05) is 55.0 Å². The highest BCUT2D eigenvalue weighted by molar-refractivity contribution is 7.88. The summed E-state index contributed by atoms with van der Waals surface area (Å²) < 4.78 is 49.7. The second-order valence-electron chi connectivity index (χ2n) is 10.5. The number of carbonyl (C=O) groups is 2. The van der Waals surface area contributed by atoms with Gasteiger partial charge < -0.3 is 24.9 Å². The predicted molar refractivity (Wildman–Crippen MR) is 155 cm³/mol. The monoisotopic (exact) mass is 622 g/mol. The molecule has 1 saturated heterocycles. The van der Waals surface area contributed by atoms with Gasteiger partial charge in [0.1, 0.15) is 24.6 Å². The summed E-state index contributed by atoms with van der Waals surface area (Å²) in [7, 11) is -3.86. The molecule has 2 aromatic rings. The predicted octanol–water partition coefficient (Wildman–Crippen LogP) is 2.57. The maximum Gasteiger partial charge on any atom is 0.424 e. The number of guanidine groups is 1. The molecule has 234 valence electrons. The number of alkyl carbamates (subject to hydrolysis) is 1. The SMILES string of the molecule is CC(C)(C)OC(=O)N(CCON=C1CCN(c2ncc(-c3cccc(COC(=O)NC(=N)N)c3F)cn2)CC1)S(C)(=O)=O. The van der Waals surface area contributed by atoms with Crippen molar-refractivity contribution in [1.29, 1.82) is 5.41 Å². The van der Waals surface area contributed by atoms with E-state index < -0.39 is 39.6 Å². The molecule has 17 heteroatoms. The number of nitrogens with two attached hydrogens (primary N) is 1. The van der Waals surface area contributed by atoms with Crippen LogP contribution in [0.3, 0.4) is 0 Å². The van der Waals surface area contributed by atoms with Crippen LogP contribution in [0.5, 0.6) is 0 Å². The molecular formula is C26H35FN8O7S. The fraction of sp³-hybridized carbons (Fsp3) is 0.462. The third kappa shape index (κ3) is 10.1. The van der Waals surface area contributed by atoms with Gasteiger partial charge in [0.25, 0.3) is 0 Å². The minimum Gasteiger partial charge on any atom is -0.444 e. The van der Waals surface area contributed by atoms with E-state index in [9.17, 15) is 18.0 Å². The minimum atomic E-state index is -3.86. The van der Waals surface area contributed by atoms with Crippen LogP contribution in [0, 0.1) is 11.2 Å². The van der Waals surface area contributed by atoms with Gasteiger partial charge in [-0.05, 0) is 20.8 Å². The first-order valence-corrected chi connectivity index (χ1v) is 15.0. The van der Waals surface area contributed by atoms with E-state index in [-0.39, 0.29) is 30.9 Å². The van der Waals surface area contributed by atoms with Gasteiger partial charge in [-0.1, -0.05) is 23.4 Å². The summed E-state index contributed by atoms with van der Waals surface area (Å²) >= 11 is 0. The van der Waals surface area contributed by atoms with E-state index in [4.69, 9.17) is 25.5 Å². The molecule has 2 heterocycles. The Labute approximate surface area is 248 Å². The van der Waals surface area contributed by atoms with Crippen molar-refractivity contribution in [3.05, 3.63) is 42.0 Å². The van der Waals surface area contributed by atoms with Crippen LogP contribution in [-0.4, -0.2) is 84.6 Å². The van der Waals surface area contributed by atoms with Crippen LogP contribution in [0.1, 0.15) is 39.2 Å². The molecule has 1 aromatic carbocycles. The number of sulfonamides is 1. The smallest absolute Gasteiger partial charge is 0.424 e. The standard InChI is InChI=1S/C26H35FN8O7S/c1-26(2,3)42-25(37)35(43(4,38)39)12-13-41-33-19-8-10-34(11-9-19)23-30-14-18(15-31-23)20-7-5-6-17(21(20)27)16-40-24(36)32-22(28)29/h5-7,14-15H,8-13,16H2,1-4H3,(H4,28,29,32,36). The Bertz CT molecular complexity index is 1450. The molecule has 1 aliphatic rings. The maximum atomic E-state index is 15.1. The summed E-state index contributed by atoms with van der Waals surface area (Å²) in [4.78, 5) is 39.8. The molecule has 15 nitrogen and oxygen atoms in total. The van der Waals surface area contributed by atoms with Crippen molar-refractivity contribution in [3.8, 4) is 11.1 Å². The fourth-order valence-corrected chi connectivity index (χ4v) is 4.56. The zero-order valence-corrected chi connectivity index (χ0v) is 25.1. The zero-order chi connectivity index (χ0) is 31.8. The van der Waals surface area contributed by atoms with Crippen LogP contribution in [-0.2, 0) is 30.9 Å². The van der Waals surface area contributed by atoms with Gasteiger partial charge in [0.2, 0.25) is 16.0 Å². The Morgan fingerprint density at radius 3 is 2.44 bits per heavy atom. The highest BCUT2D eigenvalue weighted by Gasteiger charge is 2.28. The second-order valence-corrected chi connectivity index (χ2v) is 12.4. The molecule has 1 fully saturated rings. The van der Waals surface area contributed by atoms with Gasteiger partial charge in [-0.2, -0.15) is 0 Å². The van der Waals surface area contributed by atoms with E-state index in [0.717, 1.165) is 12.0 Å². The lowest BCUT2D eigenvalue weighted by Crippen LogP contribution is -2.42. The van der Waals surface area contributed by atoms with Crippen molar-refractivity contribution >= 4 is 39.8 Å². The number of amides is 2. The Morgan fingerprint density at radius 2 is 1.86 bits per heavy atom. The van der Waals surface area contributed by atoms with Crippen LogP contribution >= 0.6 is 0 Å². The van der Waals surface area contributed by atoms with Crippen molar-refractivity contribution in [2.45, 2.75) is 45.8 Å². The molecule has 0 saturated carbocycles. The Kier molecular flexibility index (Phi) is 10.8. The normalized spacial score (nSPS) is 13.6. The van der Waals surface area contributed by atoms with Crippen LogP contribution < -0.4 is 16.0 Å². The van der Waals surface area contributed by atoms with Gasteiger partial charge in [-0.3, -0.25) is 10.7 Å². The van der Waals surface area contributed by atoms with E-state index in [2.05, 4.69) is 15.1 Å². The molecule has 1 aliphatic heterocycles. The lowest BCUT2D eigenvalue weighted by Gasteiger charge is -2.27. The largest absolute Gasteiger partial charge is 0.444 e. The van der Waals surface area contributed by atoms with Crippen LogP contribution in [0.15, 0.2) is 35.7 Å². The number of hydrogen-bond acceptors (Lipinski definition) is 12. The first-order chi connectivity index (χ1) is 20.1. The van der Waals surface area contributed by atoms with Gasteiger partial charge in [0.15, 0.2) is 5.96 Å². The molecule has 0 aliphatic carbocycles. The molecule has 0 radical (unpaired) electrons. The number of oxime groups is 1. The van der Waals surface area contributed by atoms with Gasteiger partial charge >= 0.3 is 12.2 Å². The number of carbonyl (C=O) groups excluding carboxylic acids is 2. The van der Waals surface area contributed by atoms with E-state index in [1.807, 2.05) is 10.2 Å². The number of rotatable bonds is 9. The number of ether oxygens (including phenoxy) is 2. The highest BCUT2D eigenvalue weighted by atomic mass is 32.2. The summed E-state index contributed by atoms with van der Waals surface area (Å²) in [5.74, 6) is -0.734. The number of benzene rings is 1. The number of aromatic nitrogens is 2. The van der Waals surface area contributed by atoms with Crippen molar-refractivity contribution in [2.75, 3.05) is 37.4 Å². The molecular weight excluding hydrogens is 587 g/mol. The van der Waals surface area contributed by atoms with E-state index in [0.29, 0.717) is 41.7 Å². The topological polar surface area (TPSA) is 202 Å². The molecule has 0 unspecified atom stereocenters. The zero-order valence-electron chi connectivity index (χ0n) is 24.3. The average molecular weight is 623 g/mol. The average Bonchev–Trinajstić information content (AvgIpc) is 2.91. The van der Waals surface area contributed by atoms with E-state index >= 15 is 4.39 Å². The van der Waals surface area contributed by atoms with E-state index in [1.54, 1.807) is 32.9 Å². The maximum absolute atomic E-state index is 15.1. The van der Waals surface area contributed by atoms with Crippen LogP contribution in [0.2, 0.25) is 0 Å². The summed E-state index contributed by atoms with van der Waals surface area (Å²) in [5.41, 5.74) is 5.76. The number of nitrogens with zero attached hydrogens (tertiary/aromatic N) is 5. The molecule has 0 atom stereocenters.